The molecule has 0 N–H and O–H groups in total. The molecule has 0 aromatic rings. The minimum absolute atomic E-state index is 0.0659. The van der Waals surface area contributed by atoms with E-state index in [4.69, 9.17) is 14.2 Å². The van der Waals surface area contributed by atoms with E-state index in [1.54, 1.807) is 20.8 Å². The number of ether oxygens (including phenoxy) is 3. The molecule has 1 heterocycles. The van der Waals surface area contributed by atoms with Crippen LogP contribution in [0.5, 0.6) is 0 Å². The Morgan fingerprint density at radius 2 is 1.78 bits per heavy atom. The quantitative estimate of drug-likeness (QED) is 0.536. The van der Waals surface area contributed by atoms with Gasteiger partial charge in [-0.1, -0.05) is 0 Å². The van der Waals surface area contributed by atoms with Gasteiger partial charge < -0.3 is 14.2 Å². The first kappa shape index (κ1) is 15.0. The van der Waals surface area contributed by atoms with Crippen LogP contribution >= 0.6 is 0 Å². The second kappa shape index (κ2) is 6.73. The van der Waals surface area contributed by atoms with Crippen molar-refractivity contribution in [1.82, 2.24) is 0 Å². The summed E-state index contributed by atoms with van der Waals surface area (Å²) in [5, 5.41) is 0. The lowest BCUT2D eigenvalue weighted by atomic mass is 9.83. The Kier molecular flexibility index (Phi) is 5.59. The highest BCUT2D eigenvalue weighted by atomic mass is 16.6. The summed E-state index contributed by atoms with van der Waals surface area (Å²) in [6.07, 6.45) is 2.09. The van der Waals surface area contributed by atoms with Crippen LogP contribution in [0.2, 0.25) is 0 Å². The van der Waals surface area contributed by atoms with Crippen LogP contribution in [0.3, 0.4) is 0 Å². The van der Waals surface area contributed by atoms with E-state index >= 15 is 0 Å². The maximum Gasteiger partial charge on any atom is 0.323 e. The summed E-state index contributed by atoms with van der Waals surface area (Å²) in [5.74, 6) is -1.06. The summed E-state index contributed by atoms with van der Waals surface area (Å²) in [6, 6.07) is 0. The van der Waals surface area contributed by atoms with Crippen LogP contribution in [0.25, 0.3) is 0 Å². The van der Waals surface area contributed by atoms with Crippen LogP contribution in [0.4, 0.5) is 0 Å². The van der Waals surface area contributed by atoms with Gasteiger partial charge >= 0.3 is 11.9 Å². The van der Waals surface area contributed by atoms with Crippen molar-refractivity contribution in [2.24, 2.45) is 5.41 Å². The normalized spacial score (nSPS) is 19.6. The van der Waals surface area contributed by atoms with Gasteiger partial charge in [-0.2, -0.15) is 0 Å². The van der Waals surface area contributed by atoms with E-state index in [9.17, 15) is 9.59 Å². The zero-order valence-corrected chi connectivity index (χ0v) is 11.4. The van der Waals surface area contributed by atoms with Gasteiger partial charge in [-0.3, -0.25) is 9.59 Å². The van der Waals surface area contributed by atoms with Crippen molar-refractivity contribution in [3.8, 4) is 0 Å². The SMILES string of the molecule is CCOC(=O)C(C)(CC1CCCO1)C(=O)OCC. The minimum Gasteiger partial charge on any atom is -0.465 e. The van der Waals surface area contributed by atoms with Crippen molar-refractivity contribution in [3.63, 3.8) is 0 Å². The minimum atomic E-state index is -1.26. The molecule has 1 atom stereocenters. The topological polar surface area (TPSA) is 61.8 Å². The Labute approximate surface area is 108 Å². The third-order valence-electron chi connectivity index (χ3n) is 3.11. The first-order valence-corrected chi connectivity index (χ1v) is 6.50. The third-order valence-corrected chi connectivity index (χ3v) is 3.11. The highest BCUT2D eigenvalue weighted by Crippen LogP contribution is 2.31. The van der Waals surface area contributed by atoms with Crippen LogP contribution in [-0.4, -0.2) is 37.9 Å². The molecule has 0 amide bonds. The number of rotatable bonds is 6. The average molecular weight is 258 g/mol. The van der Waals surface area contributed by atoms with E-state index in [0.29, 0.717) is 13.0 Å². The summed E-state index contributed by atoms with van der Waals surface area (Å²) >= 11 is 0. The number of carbonyl (C=O) groups excluding carboxylic acids is 2. The van der Waals surface area contributed by atoms with E-state index in [1.165, 1.54) is 0 Å². The van der Waals surface area contributed by atoms with Gasteiger partial charge in [-0.15, -0.1) is 0 Å². The Morgan fingerprint density at radius 3 is 2.17 bits per heavy atom. The molecule has 104 valence electrons. The Morgan fingerprint density at radius 1 is 1.22 bits per heavy atom. The molecule has 5 heteroatoms. The molecule has 0 aromatic carbocycles. The molecule has 1 aliphatic heterocycles. The Hall–Kier alpha value is -1.10. The molecular formula is C13H22O5. The van der Waals surface area contributed by atoms with Crippen molar-refractivity contribution < 1.29 is 23.8 Å². The maximum absolute atomic E-state index is 12.0. The number of carbonyl (C=O) groups is 2. The van der Waals surface area contributed by atoms with Crippen LogP contribution < -0.4 is 0 Å². The molecule has 1 unspecified atom stereocenters. The lowest BCUT2D eigenvalue weighted by molar-refractivity contribution is -0.173. The van der Waals surface area contributed by atoms with Crippen molar-refractivity contribution in [2.75, 3.05) is 19.8 Å². The summed E-state index contributed by atoms with van der Waals surface area (Å²) in [7, 11) is 0. The van der Waals surface area contributed by atoms with Gasteiger partial charge in [0.25, 0.3) is 0 Å². The van der Waals surface area contributed by atoms with Crippen LogP contribution in [0.1, 0.15) is 40.0 Å². The van der Waals surface area contributed by atoms with E-state index in [1.807, 2.05) is 0 Å². The molecule has 1 fully saturated rings. The van der Waals surface area contributed by atoms with E-state index in [0.717, 1.165) is 12.8 Å². The van der Waals surface area contributed by atoms with Crippen molar-refractivity contribution in [2.45, 2.75) is 46.1 Å². The highest BCUT2D eigenvalue weighted by molar-refractivity contribution is 5.99. The molecule has 1 rings (SSSR count). The van der Waals surface area contributed by atoms with Crippen molar-refractivity contribution in [1.29, 1.82) is 0 Å². The van der Waals surface area contributed by atoms with Crippen molar-refractivity contribution in [3.05, 3.63) is 0 Å². The molecule has 1 aliphatic rings. The van der Waals surface area contributed by atoms with Gasteiger partial charge in [0, 0.05) is 13.0 Å². The molecule has 0 aromatic heterocycles. The van der Waals surface area contributed by atoms with E-state index in [2.05, 4.69) is 0 Å². The van der Waals surface area contributed by atoms with Crippen molar-refractivity contribution >= 4 is 11.9 Å². The Bertz CT molecular complexity index is 276. The molecular weight excluding hydrogens is 236 g/mol. The summed E-state index contributed by atoms with van der Waals surface area (Å²) in [6.45, 7) is 6.20. The number of hydrogen-bond donors (Lipinski definition) is 0. The standard InChI is InChI=1S/C13H22O5/c1-4-16-11(14)13(3,12(15)17-5-2)9-10-7-6-8-18-10/h10H,4-9H2,1-3H3. The van der Waals surface area contributed by atoms with Crippen LogP contribution in [-0.2, 0) is 23.8 Å². The second-order valence-corrected chi connectivity index (χ2v) is 4.61. The predicted octanol–water partition coefficient (Wildman–Crippen LogP) is 1.69. The molecule has 0 aliphatic carbocycles. The molecule has 0 radical (unpaired) electrons. The predicted molar refractivity (Wildman–Crippen MR) is 65.0 cm³/mol. The van der Waals surface area contributed by atoms with Gasteiger partial charge in [-0.05, 0) is 33.6 Å². The zero-order valence-electron chi connectivity index (χ0n) is 11.4. The number of esters is 2. The fraction of sp³-hybridized carbons (Fsp3) is 0.846. The van der Waals surface area contributed by atoms with Gasteiger partial charge in [0.15, 0.2) is 5.41 Å². The molecule has 0 saturated carbocycles. The molecule has 1 saturated heterocycles. The molecule has 0 bridgehead atoms. The summed E-state index contributed by atoms with van der Waals surface area (Å²) in [5.41, 5.74) is -1.26. The lowest BCUT2D eigenvalue weighted by Gasteiger charge is -2.27. The smallest absolute Gasteiger partial charge is 0.323 e. The average Bonchev–Trinajstić information content (AvgIpc) is 2.82. The Balaban J connectivity index is 2.77. The van der Waals surface area contributed by atoms with Crippen LogP contribution in [0, 0.1) is 5.41 Å². The zero-order chi connectivity index (χ0) is 13.6. The number of hydrogen-bond acceptors (Lipinski definition) is 5. The lowest BCUT2D eigenvalue weighted by Crippen LogP contribution is -2.42. The fourth-order valence-electron chi connectivity index (χ4n) is 2.09. The van der Waals surface area contributed by atoms with Crippen LogP contribution in [0.15, 0.2) is 0 Å². The van der Waals surface area contributed by atoms with Gasteiger partial charge in [0.05, 0.1) is 19.3 Å². The summed E-state index contributed by atoms with van der Waals surface area (Å²) < 4.78 is 15.5. The molecule has 5 nitrogen and oxygen atoms in total. The maximum atomic E-state index is 12.0. The third kappa shape index (κ3) is 3.45. The fourth-order valence-corrected chi connectivity index (χ4v) is 2.09. The van der Waals surface area contributed by atoms with E-state index in [-0.39, 0.29) is 19.3 Å². The first-order chi connectivity index (χ1) is 8.54. The monoisotopic (exact) mass is 258 g/mol. The van der Waals surface area contributed by atoms with Gasteiger partial charge in [-0.25, -0.2) is 0 Å². The molecule has 18 heavy (non-hydrogen) atoms. The largest absolute Gasteiger partial charge is 0.465 e. The molecule has 0 spiro atoms. The summed E-state index contributed by atoms with van der Waals surface area (Å²) in [4.78, 5) is 24.0. The van der Waals surface area contributed by atoms with Gasteiger partial charge in [0.2, 0.25) is 0 Å². The highest BCUT2D eigenvalue weighted by Gasteiger charge is 2.46. The second-order valence-electron chi connectivity index (χ2n) is 4.61. The van der Waals surface area contributed by atoms with E-state index < -0.39 is 17.4 Å². The first-order valence-electron chi connectivity index (χ1n) is 6.50. The van der Waals surface area contributed by atoms with Gasteiger partial charge in [0.1, 0.15) is 0 Å².